The number of phenolic OH excluding ortho intramolecular Hbond substituents is 2. The molecule has 4 N–H and O–H groups in total. The third-order valence-corrected chi connectivity index (χ3v) is 9.93. The fraction of sp³-hybridized carbons (Fsp3) is 0.434. The fourth-order valence-electron chi connectivity index (χ4n) is 7.32. The molecular weight excluding hydrogens is 851 g/mol. The summed E-state index contributed by atoms with van der Waals surface area (Å²) in [5, 5.41) is 60.4. The van der Waals surface area contributed by atoms with Crippen LogP contribution in [0.4, 0.5) is 11.4 Å². The number of aromatic carboxylic acids is 2. The molecule has 4 rings (SSSR count). The van der Waals surface area contributed by atoms with Gasteiger partial charge in [0.1, 0.15) is 17.2 Å². The Labute approximate surface area is 391 Å². The van der Waals surface area contributed by atoms with Gasteiger partial charge >= 0.3 is 28.4 Å². The number of benzene rings is 4. The summed E-state index contributed by atoms with van der Waals surface area (Å²) < 4.78 is 0. The van der Waals surface area contributed by atoms with Crippen LogP contribution in [0.1, 0.15) is 165 Å². The molecule has 0 aliphatic heterocycles. The molecule has 0 atom stereocenters. The van der Waals surface area contributed by atoms with Gasteiger partial charge in [0.15, 0.2) is 0 Å². The van der Waals surface area contributed by atoms with Crippen LogP contribution >= 0.6 is 0 Å². The number of carbonyl (C=O) groups is 2. The Hall–Kier alpha value is -5.59. The van der Waals surface area contributed by atoms with E-state index in [1.165, 1.54) is 34.4 Å². The number of hydrogen-bond donors (Lipinski definition) is 4. The molecule has 4 aromatic carbocycles. The predicted octanol–water partition coefficient (Wildman–Crippen LogP) is 11.9. The second-order valence-corrected chi connectivity index (χ2v) is 16.0. The van der Waals surface area contributed by atoms with E-state index in [2.05, 4.69) is 89.8 Å². The van der Waals surface area contributed by atoms with Gasteiger partial charge in [-0.25, -0.2) is 14.6 Å². The second-order valence-electron chi connectivity index (χ2n) is 16.0. The molecule has 10 nitrogen and oxygen atoms in total. The smallest absolute Gasteiger partial charge is 0.869 e. The van der Waals surface area contributed by atoms with E-state index in [4.69, 9.17) is 20.2 Å². The normalized spacial score (nSPS) is 11.0. The Bertz CT molecular complexity index is 2180. The van der Waals surface area contributed by atoms with Crippen LogP contribution in [-0.2, 0) is 42.2 Å². The van der Waals surface area contributed by atoms with Gasteiger partial charge in [-0.05, 0) is 159 Å². The average Bonchev–Trinajstić information content (AvgIpc) is 3.20. The molecule has 0 heterocycles. The molecule has 0 aliphatic carbocycles. The Morgan fingerprint density at radius 1 is 0.562 bits per heavy atom. The van der Waals surface area contributed by atoms with Crippen molar-refractivity contribution in [3.05, 3.63) is 104 Å². The number of aliphatic imine (C=N–C) groups is 2. The van der Waals surface area contributed by atoms with Crippen molar-refractivity contribution >= 4 is 34.7 Å². The van der Waals surface area contributed by atoms with E-state index >= 15 is 0 Å². The van der Waals surface area contributed by atoms with Crippen LogP contribution in [-0.4, -0.2) is 43.8 Å². The van der Waals surface area contributed by atoms with E-state index in [-0.39, 0.29) is 27.6 Å². The molecule has 0 bridgehead atoms. The summed E-state index contributed by atoms with van der Waals surface area (Å²) in [6, 6.07) is 15.6. The van der Waals surface area contributed by atoms with E-state index < -0.39 is 34.9 Å². The standard InChI is InChI=1S/C27H34N2.2C13H18O4.Ni/c1-7-9-11-13-27(29-25-18-22(5)15-23(6)19-25)26(12-10-8-2)28-24-16-20(3)14-21(4)17-24;2*1-3-5-8-7-10(14)12(15)11(13(16)17)9(8)6-4-2;/h14-19H,7-10,12H2,1-6H3;2*7,14-15H,3-6H2,1-2H3,(H,16,17);/q;;;+2/p-2. The van der Waals surface area contributed by atoms with Gasteiger partial charge in [-0.2, -0.15) is 0 Å². The van der Waals surface area contributed by atoms with Crippen molar-refractivity contribution in [1.29, 1.82) is 0 Å². The zero-order valence-corrected chi connectivity index (χ0v) is 40.4. The number of hydrogen-bond acceptors (Lipinski definition) is 8. The summed E-state index contributed by atoms with van der Waals surface area (Å²) >= 11 is 0. The molecule has 0 aromatic heterocycles. The van der Waals surface area contributed by atoms with Gasteiger partial charge in [0.25, 0.3) is 0 Å². The van der Waals surface area contributed by atoms with Crippen LogP contribution in [0.25, 0.3) is 0 Å². The van der Waals surface area contributed by atoms with Gasteiger partial charge in [0.05, 0.1) is 28.2 Å². The van der Waals surface area contributed by atoms with E-state index in [0.29, 0.717) is 36.8 Å². The summed E-state index contributed by atoms with van der Waals surface area (Å²) in [5.41, 5.74) is 10.7. The zero-order chi connectivity index (χ0) is 47.2. The maximum Gasteiger partial charge on any atom is 2.00 e. The van der Waals surface area contributed by atoms with Crippen LogP contribution in [0.15, 0.2) is 58.5 Å². The van der Waals surface area contributed by atoms with Crippen molar-refractivity contribution in [3.8, 4) is 34.8 Å². The zero-order valence-electron chi connectivity index (χ0n) is 39.4. The van der Waals surface area contributed by atoms with Gasteiger partial charge < -0.3 is 30.6 Å². The molecule has 0 fully saturated rings. The van der Waals surface area contributed by atoms with Crippen LogP contribution in [0.3, 0.4) is 0 Å². The molecule has 0 radical (unpaired) electrons. The van der Waals surface area contributed by atoms with Crippen molar-refractivity contribution in [2.24, 2.45) is 9.98 Å². The third-order valence-electron chi connectivity index (χ3n) is 9.93. The molecular formula is C53H68N2NiO8. The first-order valence-electron chi connectivity index (χ1n) is 22.3. The number of unbranched alkanes of at least 4 members (excludes halogenated alkanes) is 2. The topological polar surface area (TPSA) is 186 Å². The third kappa shape index (κ3) is 17.5. The van der Waals surface area contributed by atoms with Crippen molar-refractivity contribution in [2.75, 3.05) is 0 Å². The number of aromatic hydroxyl groups is 2. The molecule has 0 unspecified atom stereocenters. The molecule has 0 spiro atoms. The maximum absolute atomic E-state index is 11.6. The van der Waals surface area contributed by atoms with Gasteiger partial charge in [-0.15, -0.1) is 0 Å². The van der Waals surface area contributed by atoms with E-state index in [1.807, 2.05) is 27.7 Å². The van der Waals surface area contributed by atoms with Gasteiger partial charge in [-0.1, -0.05) is 103 Å². The molecule has 0 saturated carbocycles. The van der Waals surface area contributed by atoms with Crippen molar-refractivity contribution in [3.63, 3.8) is 0 Å². The van der Waals surface area contributed by atoms with Crippen molar-refractivity contribution < 1.29 is 56.7 Å². The number of aryl methyl sites for hydroxylation is 6. The Morgan fingerprint density at radius 2 is 0.953 bits per heavy atom. The van der Waals surface area contributed by atoms with E-state index in [1.54, 1.807) is 0 Å². The molecule has 0 amide bonds. The van der Waals surface area contributed by atoms with Gasteiger partial charge in [0.2, 0.25) is 0 Å². The molecule has 4 aromatic rings. The van der Waals surface area contributed by atoms with Gasteiger partial charge in [0, 0.05) is 6.42 Å². The minimum Gasteiger partial charge on any atom is -0.869 e. The molecule has 11 heteroatoms. The second kappa shape index (κ2) is 29.0. The largest absolute Gasteiger partial charge is 2.00 e. The first-order chi connectivity index (χ1) is 30.0. The minimum absolute atomic E-state index is 0. The predicted molar refractivity (Wildman–Crippen MR) is 253 cm³/mol. The first kappa shape index (κ1) is 56.4. The van der Waals surface area contributed by atoms with Crippen LogP contribution < -0.4 is 10.2 Å². The molecule has 348 valence electrons. The van der Waals surface area contributed by atoms with Gasteiger partial charge in [-0.3, -0.25) is 4.99 Å². The summed E-state index contributed by atoms with van der Waals surface area (Å²) in [4.78, 5) is 32.2. The Balaban J connectivity index is 0.000000506. The van der Waals surface area contributed by atoms with Crippen molar-refractivity contribution in [1.82, 2.24) is 0 Å². The number of nitrogens with zero attached hydrogens (tertiary/aromatic N) is 2. The van der Waals surface area contributed by atoms with Crippen LogP contribution in [0.2, 0.25) is 0 Å². The SMILES string of the molecule is CCCC#CC(=Nc1cc(C)cc(C)c1)C(CCCC)=Nc1cc(C)cc(C)c1.CCCc1cc(O)c([O-])c(C(=O)O)c1CCC.CCCc1cc(O)c([O-])c(C(=O)O)c1CCC.[Ni+2]. The monoisotopic (exact) mass is 918 g/mol. The summed E-state index contributed by atoms with van der Waals surface area (Å²) in [6.07, 6.45) is 10.6. The van der Waals surface area contributed by atoms with E-state index in [0.717, 1.165) is 91.7 Å². The number of carboxylic acid groups (broad SMARTS) is 2. The fourth-order valence-corrected chi connectivity index (χ4v) is 7.32. The summed E-state index contributed by atoms with van der Waals surface area (Å²) in [6.45, 7) is 20.6. The number of rotatable bonds is 17. The average molecular weight is 920 g/mol. The Kier molecular flexibility index (Phi) is 25.5. The maximum atomic E-state index is 11.6. The van der Waals surface area contributed by atoms with E-state index in [9.17, 15) is 30.0 Å². The first-order valence-corrected chi connectivity index (χ1v) is 22.3. The number of carboxylic acids is 2. The molecule has 0 saturated heterocycles. The molecule has 64 heavy (non-hydrogen) atoms. The van der Waals surface area contributed by atoms with Crippen molar-refractivity contribution in [2.45, 2.75) is 153 Å². The quantitative estimate of drug-likeness (QED) is 0.0458. The van der Waals surface area contributed by atoms with Crippen LogP contribution in [0.5, 0.6) is 23.0 Å². The summed E-state index contributed by atoms with van der Waals surface area (Å²) in [7, 11) is 0. The van der Waals surface area contributed by atoms with Crippen LogP contribution in [0, 0.1) is 39.5 Å². The number of phenols is 2. The summed E-state index contributed by atoms with van der Waals surface area (Å²) in [5.74, 6) is 1.62. The Morgan fingerprint density at radius 3 is 1.30 bits per heavy atom. The molecule has 0 aliphatic rings. The minimum atomic E-state index is -1.26.